The van der Waals surface area contributed by atoms with Crippen LogP contribution in [0.1, 0.15) is 23.2 Å². The van der Waals surface area contributed by atoms with Crippen LogP contribution in [-0.2, 0) is 19.6 Å². The molecule has 9 heteroatoms. The summed E-state index contributed by atoms with van der Waals surface area (Å²) in [7, 11) is -0.943. The topological polar surface area (TPSA) is 92.8 Å². The van der Waals surface area contributed by atoms with Crippen LogP contribution < -0.4 is 5.32 Å². The Bertz CT molecular complexity index is 729. The molecule has 0 unspecified atom stereocenters. The lowest BCUT2D eigenvalue weighted by Crippen LogP contribution is -2.30. The van der Waals surface area contributed by atoms with Gasteiger partial charge in [0, 0.05) is 20.1 Å². The smallest absolute Gasteiger partial charge is 0.340 e. The van der Waals surface area contributed by atoms with E-state index in [1.807, 2.05) is 0 Å². The zero-order valence-electron chi connectivity index (χ0n) is 12.7. The predicted octanol–water partition coefficient (Wildman–Crippen LogP) is 1.03. The highest BCUT2D eigenvalue weighted by molar-refractivity contribution is 7.89. The molecule has 1 saturated carbocycles. The minimum Gasteiger partial charge on any atom is -0.452 e. The Balaban J connectivity index is 2.11. The van der Waals surface area contributed by atoms with Gasteiger partial charge in [-0.3, -0.25) is 4.79 Å². The minimum atomic E-state index is -3.70. The molecule has 1 fully saturated rings. The van der Waals surface area contributed by atoms with Crippen LogP contribution >= 0.6 is 11.6 Å². The number of esters is 1. The van der Waals surface area contributed by atoms with Gasteiger partial charge in [0.1, 0.15) is 0 Å². The van der Waals surface area contributed by atoms with Crippen molar-refractivity contribution in [3.05, 3.63) is 28.8 Å². The van der Waals surface area contributed by atoms with Crippen LogP contribution in [0, 0.1) is 0 Å². The summed E-state index contributed by atoms with van der Waals surface area (Å²) in [6, 6.07) is 3.91. The second-order valence-corrected chi connectivity index (χ2v) is 7.91. The van der Waals surface area contributed by atoms with Crippen molar-refractivity contribution in [2.24, 2.45) is 0 Å². The lowest BCUT2D eigenvalue weighted by molar-refractivity contribution is -0.124. The SMILES string of the molecule is CN(C)S(=O)(=O)c1ccc(Cl)c(C(=O)OCC(=O)NC2CC2)c1. The minimum absolute atomic E-state index is 0.0512. The number of benzene rings is 1. The van der Waals surface area contributed by atoms with Gasteiger partial charge in [-0.15, -0.1) is 0 Å². The van der Waals surface area contributed by atoms with Crippen molar-refractivity contribution in [1.82, 2.24) is 9.62 Å². The van der Waals surface area contributed by atoms with Crippen LogP contribution in [-0.4, -0.2) is 51.3 Å². The van der Waals surface area contributed by atoms with E-state index in [0.717, 1.165) is 23.2 Å². The van der Waals surface area contributed by atoms with Crippen LogP contribution in [0.5, 0.6) is 0 Å². The summed E-state index contributed by atoms with van der Waals surface area (Å²) in [5.74, 6) is -1.24. The van der Waals surface area contributed by atoms with Crippen LogP contribution in [0.15, 0.2) is 23.1 Å². The van der Waals surface area contributed by atoms with E-state index in [2.05, 4.69) is 5.32 Å². The first-order valence-electron chi connectivity index (χ1n) is 6.90. The van der Waals surface area contributed by atoms with Gasteiger partial charge in [-0.25, -0.2) is 17.5 Å². The first kappa shape index (κ1) is 17.7. The molecule has 0 heterocycles. The quantitative estimate of drug-likeness (QED) is 0.765. The van der Waals surface area contributed by atoms with Gasteiger partial charge in [0.2, 0.25) is 10.0 Å². The molecule has 0 aromatic heterocycles. The van der Waals surface area contributed by atoms with Gasteiger partial charge < -0.3 is 10.1 Å². The average Bonchev–Trinajstić information content (AvgIpc) is 3.28. The van der Waals surface area contributed by atoms with Crippen LogP contribution in [0.4, 0.5) is 0 Å². The molecule has 1 aliphatic rings. The lowest BCUT2D eigenvalue weighted by Gasteiger charge is -2.13. The number of rotatable bonds is 6. The number of carbonyl (C=O) groups is 2. The number of nitrogens with one attached hydrogen (secondary N) is 1. The van der Waals surface area contributed by atoms with Crippen molar-refractivity contribution in [1.29, 1.82) is 0 Å². The summed E-state index contributed by atoms with van der Waals surface area (Å²) >= 11 is 5.92. The Morgan fingerprint density at radius 3 is 2.57 bits per heavy atom. The number of ether oxygens (including phenoxy) is 1. The maximum atomic E-state index is 12.1. The van der Waals surface area contributed by atoms with Gasteiger partial charge in [-0.2, -0.15) is 0 Å². The van der Waals surface area contributed by atoms with E-state index in [-0.39, 0.29) is 21.5 Å². The Morgan fingerprint density at radius 2 is 2.00 bits per heavy atom. The molecule has 0 spiro atoms. The molecule has 0 aliphatic heterocycles. The maximum Gasteiger partial charge on any atom is 0.340 e. The Morgan fingerprint density at radius 1 is 1.35 bits per heavy atom. The number of nitrogens with zero attached hydrogens (tertiary/aromatic N) is 1. The van der Waals surface area contributed by atoms with E-state index in [1.54, 1.807) is 0 Å². The molecule has 1 aliphatic carbocycles. The van der Waals surface area contributed by atoms with Gasteiger partial charge in [-0.1, -0.05) is 11.6 Å². The van der Waals surface area contributed by atoms with Crippen molar-refractivity contribution in [3.8, 4) is 0 Å². The van der Waals surface area contributed by atoms with Crippen molar-refractivity contribution < 1.29 is 22.7 Å². The highest BCUT2D eigenvalue weighted by atomic mass is 35.5. The van der Waals surface area contributed by atoms with Gasteiger partial charge >= 0.3 is 5.97 Å². The van der Waals surface area contributed by atoms with Crippen LogP contribution in [0.3, 0.4) is 0 Å². The Labute approximate surface area is 139 Å². The average molecular weight is 361 g/mol. The largest absolute Gasteiger partial charge is 0.452 e. The standard InChI is InChI=1S/C14H17ClN2O5S/c1-17(2)23(20,21)10-5-6-12(15)11(7-10)14(19)22-8-13(18)16-9-3-4-9/h5-7,9H,3-4,8H2,1-2H3,(H,16,18). The third kappa shape index (κ3) is 4.43. The molecule has 2 rings (SSSR count). The number of sulfonamides is 1. The zero-order chi connectivity index (χ0) is 17.2. The molecule has 0 atom stereocenters. The van der Waals surface area contributed by atoms with Crippen molar-refractivity contribution >= 4 is 33.5 Å². The fourth-order valence-corrected chi connectivity index (χ4v) is 2.86. The summed E-state index contributed by atoms with van der Waals surface area (Å²) in [5.41, 5.74) is -0.103. The molecule has 0 radical (unpaired) electrons. The van der Waals surface area contributed by atoms with Crippen molar-refractivity contribution in [2.75, 3.05) is 20.7 Å². The molecule has 1 N–H and O–H groups in total. The molecule has 1 aromatic rings. The zero-order valence-corrected chi connectivity index (χ0v) is 14.3. The van der Waals surface area contributed by atoms with Gasteiger partial charge in [0.05, 0.1) is 15.5 Å². The fraction of sp³-hybridized carbons (Fsp3) is 0.429. The maximum absolute atomic E-state index is 12.1. The van der Waals surface area contributed by atoms with Crippen molar-refractivity contribution in [3.63, 3.8) is 0 Å². The van der Waals surface area contributed by atoms with E-state index in [1.165, 1.54) is 26.2 Å². The first-order valence-corrected chi connectivity index (χ1v) is 8.72. The van der Waals surface area contributed by atoms with Gasteiger partial charge in [0.25, 0.3) is 5.91 Å². The third-order valence-corrected chi connectivity index (χ3v) is 5.35. The fourth-order valence-electron chi connectivity index (χ4n) is 1.74. The summed E-state index contributed by atoms with van der Waals surface area (Å²) in [6.07, 6.45) is 1.85. The summed E-state index contributed by atoms with van der Waals surface area (Å²) in [6.45, 7) is -0.434. The normalized spacial score (nSPS) is 14.6. The van der Waals surface area contributed by atoms with Crippen molar-refractivity contribution in [2.45, 2.75) is 23.8 Å². The first-order chi connectivity index (χ1) is 10.7. The highest BCUT2D eigenvalue weighted by Crippen LogP contribution is 2.23. The Kier molecular flexibility index (Phi) is 5.28. The van der Waals surface area contributed by atoms with E-state index in [0.29, 0.717) is 0 Å². The molecule has 0 bridgehead atoms. The molecular formula is C14H17ClN2O5S. The molecule has 7 nitrogen and oxygen atoms in total. The molecule has 1 amide bonds. The Hall–Kier alpha value is -1.64. The predicted molar refractivity (Wildman–Crippen MR) is 83.8 cm³/mol. The van der Waals surface area contributed by atoms with E-state index >= 15 is 0 Å². The number of hydrogen-bond acceptors (Lipinski definition) is 5. The summed E-state index contributed by atoms with van der Waals surface area (Å²) in [4.78, 5) is 23.4. The van der Waals surface area contributed by atoms with Gasteiger partial charge in [-0.05, 0) is 31.0 Å². The molecule has 0 saturated heterocycles. The van der Waals surface area contributed by atoms with E-state index < -0.39 is 28.5 Å². The van der Waals surface area contributed by atoms with E-state index in [9.17, 15) is 18.0 Å². The number of halogens is 1. The second kappa shape index (κ2) is 6.86. The monoisotopic (exact) mass is 360 g/mol. The van der Waals surface area contributed by atoms with Crippen LogP contribution in [0.2, 0.25) is 5.02 Å². The lowest BCUT2D eigenvalue weighted by atomic mass is 10.2. The molecule has 1 aromatic carbocycles. The molecular weight excluding hydrogens is 344 g/mol. The number of hydrogen-bond donors (Lipinski definition) is 1. The highest BCUT2D eigenvalue weighted by Gasteiger charge is 2.25. The van der Waals surface area contributed by atoms with Crippen LogP contribution in [0.25, 0.3) is 0 Å². The molecule has 126 valence electrons. The number of carbonyl (C=O) groups excluding carboxylic acids is 2. The van der Waals surface area contributed by atoms with Gasteiger partial charge in [0.15, 0.2) is 6.61 Å². The second-order valence-electron chi connectivity index (χ2n) is 5.35. The van der Waals surface area contributed by atoms with E-state index in [4.69, 9.17) is 16.3 Å². The summed E-state index contributed by atoms with van der Waals surface area (Å²) in [5, 5.41) is 2.73. The molecule has 23 heavy (non-hydrogen) atoms. The number of amides is 1. The summed E-state index contributed by atoms with van der Waals surface area (Å²) < 4.78 is 30.1. The third-order valence-electron chi connectivity index (χ3n) is 3.21.